The van der Waals surface area contributed by atoms with Crippen LogP contribution in [0.3, 0.4) is 0 Å². The highest BCUT2D eigenvalue weighted by molar-refractivity contribution is 5.99. The van der Waals surface area contributed by atoms with Crippen LogP contribution >= 0.6 is 0 Å². The molecular formula is C64H114N14O13. The fourth-order valence-electron chi connectivity index (χ4n) is 11.0. The molecule has 11 amide bonds. The lowest BCUT2D eigenvalue weighted by atomic mass is 9.91. The number of nitrogens with zero attached hydrogens (tertiary/aromatic N) is 10. The average Bonchev–Trinajstić information content (AvgIpc) is 0.918. The smallest absolute Gasteiger partial charge is 0.247 e. The molecule has 518 valence electrons. The van der Waals surface area contributed by atoms with Crippen molar-refractivity contribution in [1.82, 2.24) is 55.6 Å². The minimum Gasteiger partial charge on any atom is -0.390 e. The molecule has 0 unspecified atom stereocenters. The number of nitrogens with one attached hydrogen (secondary N) is 4. The van der Waals surface area contributed by atoms with Crippen LogP contribution in [0.4, 0.5) is 0 Å². The van der Waals surface area contributed by atoms with E-state index in [-0.39, 0.29) is 68.9 Å². The molecule has 27 nitrogen and oxygen atoms in total. The second-order valence-corrected chi connectivity index (χ2v) is 27.0. The van der Waals surface area contributed by atoms with Crippen LogP contribution in [0.1, 0.15) is 149 Å². The van der Waals surface area contributed by atoms with Crippen molar-refractivity contribution in [2.45, 2.75) is 216 Å². The minimum atomic E-state index is -1.64. The van der Waals surface area contributed by atoms with E-state index in [1.54, 1.807) is 60.6 Å². The zero-order chi connectivity index (χ0) is 70.2. The number of azide groups is 1. The van der Waals surface area contributed by atoms with Gasteiger partial charge < -0.3 is 65.4 Å². The molecule has 1 aliphatic rings. The maximum absolute atomic E-state index is 15.3. The number of carbonyl (C=O) groups is 11. The van der Waals surface area contributed by atoms with E-state index in [4.69, 9.17) is 10.3 Å². The van der Waals surface area contributed by atoms with Gasteiger partial charge in [-0.1, -0.05) is 114 Å². The minimum absolute atomic E-state index is 0.00513. The van der Waals surface area contributed by atoms with Gasteiger partial charge in [0.2, 0.25) is 65.0 Å². The van der Waals surface area contributed by atoms with Gasteiger partial charge in [0, 0.05) is 60.8 Å². The van der Waals surface area contributed by atoms with E-state index in [1.165, 1.54) is 75.9 Å². The van der Waals surface area contributed by atoms with Crippen LogP contribution in [0.5, 0.6) is 0 Å². The summed E-state index contributed by atoms with van der Waals surface area (Å²) in [6.45, 7) is 26.8. The maximum atomic E-state index is 15.3. The van der Waals surface area contributed by atoms with Gasteiger partial charge in [0.15, 0.2) is 0 Å². The number of amides is 11. The first-order chi connectivity index (χ1) is 42.2. The standard InChI is InChI=1S/C64H114N14O13/c1-24-26-27-42(15)54(80)53-58(84)68-44(25-2)59(85)72(17)34-50(79)73(18)46(30-36(3)4)57(83)70-51(40(11)12)63(89)74(19)47(31-37(5)6)56(82)67-43(16)55(81)69-45(35-91-29-28-66-71-65)60(86)75(20)48(32-38(7)8)61(87)76(21)49(33-39(9)10)62(88)77(22)52(41(13)14)64(90)78(53)23/h24,26,36-49,51-54,80H,25,27-35H2,1-23H3,(H,67,82)(H,68,84)(H,69,81)(H,70,83)/b26-24+/t42-,43+,44+,45-,46+,47+,48+,49+,51+,52+,53+,54-/m1/s1. The molecule has 1 aliphatic heterocycles. The summed E-state index contributed by atoms with van der Waals surface area (Å²) in [4.78, 5) is 173. The largest absolute Gasteiger partial charge is 0.390 e. The number of likely N-dealkylation sites (N-methyl/N-ethyl adjacent to an activating group) is 7. The summed E-state index contributed by atoms with van der Waals surface area (Å²) in [5.74, 6) is -10.6. The average molecular weight is 1290 g/mol. The molecule has 0 saturated carbocycles. The van der Waals surface area contributed by atoms with Crippen molar-refractivity contribution in [3.05, 3.63) is 22.6 Å². The summed E-state index contributed by atoms with van der Waals surface area (Å²) >= 11 is 0. The van der Waals surface area contributed by atoms with Crippen molar-refractivity contribution >= 4 is 65.0 Å². The number of rotatable bonds is 20. The lowest BCUT2D eigenvalue weighted by Crippen LogP contribution is -2.63. The first-order valence-corrected chi connectivity index (χ1v) is 32.2. The Morgan fingerprint density at radius 3 is 1.47 bits per heavy atom. The zero-order valence-electron chi connectivity index (χ0n) is 58.9. The normalized spacial score (nSPS) is 25.8. The first-order valence-electron chi connectivity index (χ1n) is 32.2. The molecule has 0 aromatic carbocycles. The Balaban J connectivity index is 4.47. The van der Waals surface area contributed by atoms with Crippen LogP contribution in [0.15, 0.2) is 17.3 Å². The quantitative estimate of drug-likeness (QED) is 0.0383. The summed E-state index contributed by atoms with van der Waals surface area (Å²) in [6.07, 6.45) is 2.75. The van der Waals surface area contributed by atoms with Crippen LogP contribution < -0.4 is 21.3 Å². The predicted octanol–water partition coefficient (Wildman–Crippen LogP) is 3.58. The third kappa shape index (κ3) is 24.3. The molecule has 0 spiro atoms. The molecule has 0 radical (unpaired) electrons. The fourth-order valence-corrected chi connectivity index (χ4v) is 11.0. The van der Waals surface area contributed by atoms with Crippen molar-refractivity contribution in [3.63, 3.8) is 0 Å². The number of hydrogen-bond donors (Lipinski definition) is 5. The second kappa shape index (κ2) is 38.9. The lowest BCUT2D eigenvalue weighted by molar-refractivity contribution is -0.157. The summed E-state index contributed by atoms with van der Waals surface area (Å²) in [5.41, 5.74) is 8.92. The Hall–Kier alpha value is -6.86. The van der Waals surface area contributed by atoms with Crippen molar-refractivity contribution in [2.24, 2.45) is 46.5 Å². The van der Waals surface area contributed by atoms with E-state index in [9.17, 15) is 43.5 Å². The Labute approximate surface area is 541 Å². The van der Waals surface area contributed by atoms with E-state index >= 15 is 14.4 Å². The molecule has 0 aliphatic carbocycles. The highest BCUT2D eigenvalue weighted by Crippen LogP contribution is 2.26. The highest BCUT2D eigenvalue weighted by Gasteiger charge is 2.46. The summed E-state index contributed by atoms with van der Waals surface area (Å²) in [6, 6.07) is -13.2. The topological polar surface area (TPSA) is 337 Å². The molecule has 1 fully saturated rings. The zero-order valence-corrected chi connectivity index (χ0v) is 58.9. The van der Waals surface area contributed by atoms with Gasteiger partial charge in [-0.25, -0.2) is 0 Å². The predicted molar refractivity (Wildman–Crippen MR) is 348 cm³/mol. The van der Waals surface area contributed by atoms with Gasteiger partial charge in [-0.05, 0) is 99.3 Å². The molecule has 0 aromatic heterocycles. The molecular weight excluding hydrogens is 1170 g/mol. The second-order valence-electron chi connectivity index (χ2n) is 27.0. The van der Waals surface area contributed by atoms with Crippen LogP contribution in [0.25, 0.3) is 10.4 Å². The van der Waals surface area contributed by atoms with Crippen LogP contribution in [0.2, 0.25) is 0 Å². The first kappa shape index (κ1) is 82.2. The SMILES string of the molecule is C/C=C/C[C@@H](C)[C@@H](O)[C@H]1C(=O)N[C@@H](CC)C(=O)N(C)CC(=O)N(C)[C@@H](CC(C)C)C(=O)N[C@@H](C(C)C)C(=O)N(C)[C@@H](CC(C)C)C(=O)N[C@@H](C)C(=O)N[C@H](COCCN=[N+]=[N-])C(=O)N(C)[C@@H](CC(C)C)C(=O)N(C)[C@@H](CC(C)C)C(=O)N(C)[C@@H](C(C)C)C(=O)N1C. The van der Waals surface area contributed by atoms with E-state index in [1.807, 2.05) is 55.4 Å². The number of ether oxygens (including phenoxy) is 1. The van der Waals surface area contributed by atoms with Gasteiger partial charge in [-0.2, -0.15) is 0 Å². The summed E-state index contributed by atoms with van der Waals surface area (Å²) in [7, 11) is 9.73. The van der Waals surface area contributed by atoms with E-state index in [0.717, 1.165) is 14.7 Å². The number of aliphatic hydroxyl groups excluding tert-OH is 1. The Bertz CT molecular complexity index is 2540. The lowest BCUT2D eigenvalue weighted by Gasteiger charge is -2.41. The van der Waals surface area contributed by atoms with Crippen LogP contribution in [-0.2, 0) is 57.5 Å². The fraction of sp³-hybridized carbons (Fsp3) is 0.797. The maximum Gasteiger partial charge on any atom is 0.247 e. The summed E-state index contributed by atoms with van der Waals surface area (Å²) in [5, 5.41) is 26.6. The van der Waals surface area contributed by atoms with E-state index in [2.05, 4.69) is 31.3 Å². The van der Waals surface area contributed by atoms with Gasteiger partial charge >= 0.3 is 0 Å². The highest BCUT2D eigenvalue weighted by atomic mass is 16.5. The molecule has 5 N–H and O–H groups in total. The summed E-state index contributed by atoms with van der Waals surface area (Å²) < 4.78 is 5.75. The van der Waals surface area contributed by atoms with Gasteiger partial charge in [0.1, 0.15) is 60.4 Å². The molecule has 1 saturated heterocycles. The van der Waals surface area contributed by atoms with E-state index < -0.39 is 162 Å². The molecule has 91 heavy (non-hydrogen) atoms. The van der Waals surface area contributed by atoms with Gasteiger partial charge in [-0.15, -0.1) is 0 Å². The number of carbonyl (C=O) groups excluding carboxylic acids is 11. The van der Waals surface area contributed by atoms with Crippen molar-refractivity contribution < 1.29 is 62.6 Å². The Kier molecular flexibility index (Phi) is 35.1. The Morgan fingerprint density at radius 2 is 1.00 bits per heavy atom. The molecule has 1 heterocycles. The van der Waals surface area contributed by atoms with Gasteiger partial charge in [-0.3, -0.25) is 52.7 Å². The van der Waals surface area contributed by atoms with E-state index in [0.29, 0.717) is 6.42 Å². The van der Waals surface area contributed by atoms with Crippen molar-refractivity contribution in [1.29, 1.82) is 0 Å². The molecule has 27 heteroatoms. The van der Waals surface area contributed by atoms with Crippen molar-refractivity contribution in [3.8, 4) is 0 Å². The van der Waals surface area contributed by atoms with Gasteiger partial charge in [0.05, 0.1) is 25.9 Å². The van der Waals surface area contributed by atoms with Crippen LogP contribution in [-0.4, -0.2) is 247 Å². The number of hydrogen-bond acceptors (Lipinski definition) is 14. The molecule has 0 aromatic rings. The molecule has 1 rings (SSSR count). The van der Waals surface area contributed by atoms with Gasteiger partial charge in [0.25, 0.3) is 0 Å². The number of allylic oxidation sites excluding steroid dienone is 2. The monoisotopic (exact) mass is 1290 g/mol. The third-order valence-electron chi connectivity index (χ3n) is 16.6. The van der Waals surface area contributed by atoms with Crippen LogP contribution in [0, 0.1) is 41.4 Å². The number of aliphatic hydroxyl groups is 1. The molecule has 12 atom stereocenters. The third-order valence-corrected chi connectivity index (χ3v) is 16.6. The Morgan fingerprint density at radius 1 is 0.549 bits per heavy atom. The molecule has 0 bridgehead atoms. The van der Waals surface area contributed by atoms with Crippen molar-refractivity contribution in [2.75, 3.05) is 75.6 Å².